The van der Waals surface area contributed by atoms with Gasteiger partial charge in [-0.3, -0.25) is 4.79 Å². The van der Waals surface area contributed by atoms with Crippen molar-refractivity contribution < 1.29 is 24.5 Å². The smallest absolute Gasteiger partial charge is 0.329 e. The number of hydrogen-bond acceptors (Lipinski definition) is 5. The zero-order valence-electron chi connectivity index (χ0n) is 10.9. The van der Waals surface area contributed by atoms with Crippen LogP contribution in [-0.4, -0.2) is 47.9 Å². The summed E-state index contributed by atoms with van der Waals surface area (Å²) >= 11 is 0. The van der Waals surface area contributed by atoms with Gasteiger partial charge in [-0.25, -0.2) is 4.79 Å². The lowest BCUT2D eigenvalue weighted by molar-refractivity contribution is -0.142. The molecule has 0 saturated carbocycles. The third-order valence-corrected chi connectivity index (χ3v) is 2.50. The first kappa shape index (κ1) is 15.9. The minimum Gasteiger partial charge on any atom is -0.508 e. The van der Waals surface area contributed by atoms with Gasteiger partial charge in [0.2, 0.25) is 5.91 Å². The zero-order chi connectivity index (χ0) is 15.0. The van der Waals surface area contributed by atoms with Gasteiger partial charge in [0.15, 0.2) is 0 Å². The molecule has 0 spiro atoms. The first-order valence-electron chi connectivity index (χ1n) is 6.10. The maximum absolute atomic E-state index is 11.7. The standard InChI is InChI=1S/C13H18N2O5/c14-11(7-9-1-3-10(16)4-2-9)13(19)15-5-6-20-8-12(17)18/h1-4,11,16H,5-8,14H2,(H,15,19)(H,17,18). The van der Waals surface area contributed by atoms with E-state index in [4.69, 9.17) is 20.7 Å². The highest BCUT2D eigenvalue weighted by atomic mass is 16.5. The second kappa shape index (κ2) is 8.13. The van der Waals surface area contributed by atoms with Crippen LogP contribution < -0.4 is 11.1 Å². The van der Waals surface area contributed by atoms with Crippen LogP contribution in [0.5, 0.6) is 5.75 Å². The Labute approximate surface area is 116 Å². The fraction of sp³-hybridized carbons (Fsp3) is 0.385. The molecule has 110 valence electrons. The summed E-state index contributed by atoms with van der Waals surface area (Å²) in [6.07, 6.45) is 0.349. The minimum atomic E-state index is -1.06. The quantitative estimate of drug-likeness (QED) is 0.476. The van der Waals surface area contributed by atoms with Gasteiger partial charge in [-0.05, 0) is 24.1 Å². The monoisotopic (exact) mass is 282 g/mol. The molecule has 1 unspecified atom stereocenters. The lowest BCUT2D eigenvalue weighted by Crippen LogP contribution is -2.43. The molecule has 0 aromatic heterocycles. The van der Waals surface area contributed by atoms with Crippen LogP contribution in [0.25, 0.3) is 0 Å². The van der Waals surface area contributed by atoms with Crippen molar-refractivity contribution in [3.05, 3.63) is 29.8 Å². The summed E-state index contributed by atoms with van der Waals surface area (Å²) in [5.41, 5.74) is 6.58. The van der Waals surface area contributed by atoms with Crippen molar-refractivity contribution in [1.29, 1.82) is 0 Å². The van der Waals surface area contributed by atoms with Gasteiger partial charge >= 0.3 is 5.97 Å². The van der Waals surface area contributed by atoms with E-state index in [0.717, 1.165) is 5.56 Å². The van der Waals surface area contributed by atoms with Crippen molar-refractivity contribution >= 4 is 11.9 Å². The fourth-order valence-corrected chi connectivity index (χ4v) is 1.52. The van der Waals surface area contributed by atoms with Crippen molar-refractivity contribution in [2.75, 3.05) is 19.8 Å². The first-order chi connectivity index (χ1) is 9.49. The van der Waals surface area contributed by atoms with Gasteiger partial charge in [-0.15, -0.1) is 0 Å². The third kappa shape index (κ3) is 6.17. The van der Waals surface area contributed by atoms with E-state index in [-0.39, 0.29) is 24.8 Å². The number of phenolic OH excluding ortho intramolecular Hbond substituents is 1. The summed E-state index contributed by atoms with van der Waals surface area (Å²) in [4.78, 5) is 21.8. The molecule has 5 N–H and O–H groups in total. The Hall–Kier alpha value is -2.12. The molecular weight excluding hydrogens is 264 g/mol. The predicted octanol–water partition coefficient (Wildman–Crippen LogP) is -0.521. The molecule has 7 heteroatoms. The highest BCUT2D eigenvalue weighted by molar-refractivity contribution is 5.81. The number of amides is 1. The number of carbonyl (C=O) groups is 2. The molecule has 7 nitrogen and oxygen atoms in total. The number of phenols is 1. The van der Waals surface area contributed by atoms with Crippen LogP contribution in [0.1, 0.15) is 5.56 Å². The molecule has 1 aromatic rings. The van der Waals surface area contributed by atoms with E-state index >= 15 is 0 Å². The molecule has 20 heavy (non-hydrogen) atoms. The van der Waals surface area contributed by atoms with Crippen LogP contribution >= 0.6 is 0 Å². The van der Waals surface area contributed by atoms with Crippen molar-refractivity contribution in [3.8, 4) is 5.75 Å². The molecule has 0 bridgehead atoms. The summed E-state index contributed by atoms with van der Waals surface area (Å²) in [7, 11) is 0. The zero-order valence-corrected chi connectivity index (χ0v) is 10.9. The molecule has 1 rings (SSSR count). The maximum Gasteiger partial charge on any atom is 0.329 e. The normalized spacial score (nSPS) is 11.8. The number of hydrogen-bond donors (Lipinski definition) is 4. The van der Waals surface area contributed by atoms with Crippen LogP contribution in [-0.2, 0) is 20.7 Å². The van der Waals surface area contributed by atoms with Gasteiger partial charge in [0.25, 0.3) is 0 Å². The van der Waals surface area contributed by atoms with Crippen molar-refractivity contribution in [2.24, 2.45) is 5.73 Å². The number of aromatic hydroxyl groups is 1. The van der Waals surface area contributed by atoms with E-state index in [1.165, 1.54) is 12.1 Å². The number of nitrogens with one attached hydrogen (secondary N) is 1. The highest BCUT2D eigenvalue weighted by Crippen LogP contribution is 2.10. The molecule has 0 aliphatic heterocycles. The largest absolute Gasteiger partial charge is 0.508 e. The molecular formula is C13H18N2O5. The number of nitrogens with two attached hydrogens (primary N) is 1. The SMILES string of the molecule is NC(Cc1ccc(O)cc1)C(=O)NCCOCC(=O)O. The molecule has 1 amide bonds. The Morgan fingerprint density at radius 1 is 1.30 bits per heavy atom. The van der Waals surface area contributed by atoms with Crippen molar-refractivity contribution in [3.63, 3.8) is 0 Å². The van der Waals surface area contributed by atoms with Crippen LogP contribution in [0.3, 0.4) is 0 Å². The summed E-state index contributed by atoms with van der Waals surface area (Å²) < 4.78 is 4.77. The summed E-state index contributed by atoms with van der Waals surface area (Å²) in [5, 5.41) is 20.0. The van der Waals surface area contributed by atoms with Gasteiger partial charge in [0.1, 0.15) is 12.4 Å². The van der Waals surface area contributed by atoms with Crippen LogP contribution in [0.15, 0.2) is 24.3 Å². The van der Waals surface area contributed by atoms with Gasteiger partial charge in [-0.2, -0.15) is 0 Å². The van der Waals surface area contributed by atoms with E-state index in [9.17, 15) is 9.59 Å². The highest BCUT2D eigenvalue weighted by Gasteiger charge is 2.13. The number of rotatable bonds is 8. The topological polar surface area (TPSA) is 122 Å². The Morgan fingerprint density at radius 2 is 1.95 bits per heavy atom. The average Bonchev–Trinajstić information content (AvgIpc) is 2.40. The maximum atomic E-state index is 11.7. The minimum absolute atomic E-state index is 0.115. The molecule has 0 aliphatic carbocycles. The lowest BCUT2D eigenvalue weighted by Gasteiger charge is -2.12. The Balaban J connectivity index is 2.25. The number of aliphatic carboxylic acids is 1. The number of carboxylic acid groups (broad SMARTS) is 1. The van der Waals surface area contributed by atoms with Gasteiger partial charge < -0.3 is 26.0 Å². The third-order valence-electron chi connectivity index (χ3n) is 2.50. The second-order valence-corrected chi connectivity index (χ2v) is 4.21. The summed E-state index contributed by atoms with van der Waals surface area (Å²) in [6.45, 7) is -0.0746. The van der Waals surface area contributed by atoms with Crippen LogP contribution in [0, 0.1) is 0 Å². The fourth-order valence-electron chi connectivity index (χ4n) is 1.52. The molecule has 0 fully saturated rings. The summed E-state index contributed by atoms with van der Waals surface area (Å²) in [6, 6.07) is 5.73. The molecule has 1 aromatic carbocycles. The number of carboxylic acids is 1. The molecule has 1 atom stereocenters. The Kier molecular flexibility index (Phi) is 6.48. The van der Waals surface area contributed by atoms with Gasteiger partial charge in [-0.1, -0.05) is 12.1 Å². The van der Waals surface area contributed by atoms with E-state index in [2.05, 4.69) is 5.32 Å². The molecule has 0 aliphatic rings. The van der Waals surface area contributed by atoms with Crippen molar-refractivity contribution in [2.45, 2.75) is 12.5 Å². The summed E-state index contributed by atoms with van der Waals surface area (Å²) in [5.74, 6) is -1.24. The predicted molar refractivity (Wildman–Crippen MR) is 71.3 cm³/mol. The van der Waals surface area contributed by atoms with Gasteiger partial charge in [0, 0.05) is 6.54 Å². The lowest BCUT2D eigenvalue weighted by atomic mass is 10.1. The first-order valence-corrected chi connectivity index (χ1v) is 6.10. The molecule has 0 radical (unpaired) electrons. The van der Waals surface area contributed by atoms with Gasteiger partial charge in [0.05, 0.1) is 12.6 Å². The van der Waals surface area contributed by atoms with E-state index in [1.54, 1.807) is 12.1 Å². The average molecular weight is 282 g/mol. The molecule has 0 heterocycles. The number of carbonyl (C=O) groups excluding carboxylic acids is 1. The van der Waals surface area contributed by atoms with E-state index < -0.39 is 18.6 Å². The number of ether oxygens (including phenoxy) is 1. The van der Waals surface area contributed by atoms with Crippen LogP contribution in [0.2, 0.25) is 0 Å². The number of benzene rings is 1. The second-order valence-electron chi connectivity index (χ2n) is 4.21. The Morgan fingerprint density at radius 3 is 2.55 bits per heavy atom. The van der Waals surface area contributed by atoms with Crippen molar-refractivity contribution in [1.82, 2.24) is 5.32 Å². The van der Waals surface area contributed by atoms with Crippen LogP contribution in [0.4, 0.5) is 0 Å². The van der Waals surface area contributed by atoms with E-state index in [0.29, 0.717) is 6.42 Å². The molecule has 0 saturated heterocycles. The van der Waals surface area contributed by atoms with E-state index in [1.807, 2.05) is 0 Å². The Bertz CT molecular complexity index is 447.